The summed E-state index contributed by atoms with van der Waals surface area (Å²) >= 11 is 0. The number of phosphoric ester groups is 1. The maximum Gasteiger partial charge on any atom is 0.472 e. The molecule has 0 amide bonds. The van der Waals surface area contributed by atoms with Gasteiger partial charge in [0.05, 0.1) is 19.8 Å². The van der Waals surface area contributed by atoms with Crippen LogP contribution in [-0.4, -0.2) is 60.5 Å². The van der Waals surface area contributed by atoms with Gasteiger partial charge in [0.2, 0.25) is 0 Å². The van der Waals surface area contributed by atoms with Gasteiger partial charge in [0, 0.05) is 13.0 Å². The van der Waals surface area contributed by atoms with Crippen LogP contribution in [0.25, 0.3) is 0 Å². The van der Waals surface area contributed by atoms with E-state index < -0.39 is 45.1 Å². The molecule has 0 aliphatic rings. The highest BCUT2D eigenvalue weighted by molar-refractivity contribution is 7.47. The van der Waals surface area contributed by atoms with E-state index in [-0.39, 0.29) is 13.0 Å². The standard InChI is InChI=1S/C39H66NO9P/c1-3-5-7-9-11-13-15-16-17-18-19-20-21-23-25-27-29-31-38(41)49-36(34-47-50(44,45)48-35-37(40)39(42)43)33-46-32-30-28-26-24-22-14-12-10-8-6-4-2/h5,7-8,10-11,13,16-17,19-20,23,25,36-37H,3-4,6,9,12,14-15,18,21-22,24,26-35,40H2,1-2H3,(H,42,43)(H,44,45)/b7-5-,10-8-,13-11-,17-16-,20-19-,25-23-. The van der Waals surface area contributed by atoms with Gasteiger partial charge in [-0.2, -0.15) is 0 Å². The summed E-state index contributed by atoms with van der Waals surface area (Å²) in [5.41, 5.74) is 5.33. The van der Waals surface area contributed by atoms with Crippen molar-refractivity contribution in [1.82, 2.24) is 0 Å². The maximum atomic E-state index is 12.5. The van der Waals surface area contributed by atoms with Crippen LogP contribution in [0.5, 0.6) is 0 Å². The van der Waals surface area contributed by atoms with E-state index in [1.165, 1.54) is 25.7 Å². The van der Waals surface area contributed by atoms with Crippen LogP contribution in [0.2, 0.25) is 0 Å². The van der Waals surface area contributed by atoms with Crippen molar-refractivity contribution in [3.8, 4) is 0 Å². The summed E-state index contributed by atoms with van der Waals surface area (Å²) in [5, 5.41) is 8.85. The normalized spacial score (nSPS) is 15.0. The number of carboxylic acids is 1. The topological polar surface area (TPSA) is 155 Å². The van der Waals surface area contributed by atoms with E-state index in [9.17, 15) is 19.0 Å². The first-order valence-electron chi connectivity index (χ1n) is 18.5. The minimum atomic E-state index is -4.63. The van der Waals surface area contributed by atoms with Crippen molar-refractivity contribution in [2.45, 2.75) is 135 Å². The number of carbonyl (C=O) groups excluding carboxylic acids is 1. The van der Waals surface area contributed by atoms with E-state index in [4.69, 9.17) is 24.8 Å². The highest BCUT2D eigenvalue weighted by Crippen LogP contribution is 2.43. The Morgan fingerprint density at radius 2 is 1.16 bits per heavy atom. The minimum absolute atomic E-state index is 0.0146. The van der Waals surface area contributed by atoms with Crippen LogP contribution in [0.1, 0.15) is 123 Å². The Kier molecular flexibility index (Phi) is 33.0. The van der Waals surface area contributed by atoms with E-state index in [1.54, 1.807) is 0 Å². The van der Waals surface area contributed by atoms with Crippen LogP contribution in [0.3, 0.4) is 0 Å². The molecule has 4 N–H and O–H groups in total. The third-order valence-corrected chi connectivity index (χ3v) is 8.15. The molecule has 0 spiro atoms. The van der Waals surface area contributed by atoms with E-state index in [0.717, 1.165) is 64.2 Å². The second kappa shape index (κ2) is 34.8. The van der Waals surface area contributed by atoms with Crippen molar-refractivity contribution in [3.63, 3.8) is 0 Å². The molecule has 0 bridgehead atoms. The molecule has 0 heterocycles. The Morgan fingerprint density at radius 3 is 1.76 bits per heavy atom. The summed E-state index contributed by atoms with van der Waals surface area (Å²) in [6, 6.07) is -1.48. The van der Waals surface area contributed by atoms with Gasteiger partial charge in [-0.25, -0.2) is 4.57 Å². The number of hydrogen-bond acceptors (Lipinski definition) is 8. The van der Waals surface area contributed by atoms with E-state index >= 15 is 0 Å². The number of esters is 1. The summed E-state index contributed by atoms with van der Waals surface area (Å²) < 4.78 is 33.1. The van der Waals surface area contributed by atoms with Gasteiger partial charge < -0.3 is 25.2 Å². The molecule has 0 radical (unpaired) electrons. The average Bonchev–Trinajstić information content (AvgIpc) is 3.09. The lowest BCUT2D eigenvalue weighted by molar-refractivity contribution is -0.154. The van der Waals surface area contributed by atoms with Gasteiger partial charge in [0.15, 0.2) is 0 Å². The number of unbranched alkanes of at least 4 members (excludes halogenated alkanes) is 8. The van der Waals surface area contributed by atoms with Crippen LogP contribution >= 0.6 is 7.82 Å². The number of allylic oxidation sites excluding steroid dienone is 12. The zero-order valence-electron chi connectivity index (χ0n) is 30.7. The van der Waals surface area contributed by atoms with Crippen LogP contribution < -0.4 is 5.73 Å². The molecule has 0 saturated heterocycles. The smallest absolute Gasteiger partial charge is 0.472 e. The number of carbonyl (C=O) groups is 2. The average molecular weight is 724 g/mol. The molecule has 0 aromatic rings. The van der Waals surface area contributed by atoms with Crippen molar-refractivity contribution >= 4 is 19.8 Å². The van der Waals surface area contributed by atoms with Crippen molar-refractivity contribution in [1.29, 1.82) is 0 Å². The second-order valence-electron chi connectivity index (χ2n) is 12.0. The fraction of sp³-hybridized carbons (Fsp3) is 0.641. The third kappa shape index (κ3) is 33.9. The number of aliphatic carboxylic acids is 1. The first kappa shape index (κ1) is 47.4. The van der Waals surface area contributed by atoms with Gasteiger partial charge in [-0.15, -0.1) is 0 Å². The molecule has 50 heavy (non-hydrogen) atoms. The van der Waals surface area contributed by atoms with Crippen molar-refractivity contribution in [3.05, 3.63) is 72.9 Å². The van der Waals surface area contributed by atoms with Gasteiger partial charge in [0.25, 0.3) is 0 Å². The van der Waals surface area contributed by atoms with Gasteiger partial charge in [-0.3, -0.25) is 18.6 Å². The Hall–Kier alpha value is -2.59. The molecule has 0 saturated carbocycles. The van der Waals surface area contributed by atoms with E-state index in [1.807, 2.05) is 6.08 Å². The third-order valence-electron chi connectivity index (χ3n) is 7.20. The highest BCUT2D eigenvalue weighted by Gasteiger charge is 2.27. The predicted molar refractivity (Wildman–Crippen MR) is 203 cm³/mol. The molecule has 3 unspecified atom stereocenters. The highest BCUT2D eigenvalue weighted by atomic mass is 31.2. The van der Waals surface area contributed by atoms with Crippen molar-refractivity contribution in [2.75, 3.05) is 26.4 Å². The lowest BCUT2D eigenvalue weighted by atomic mass is 10.1. The Labute approximate surface area is 302 Å². The molecule has 0 rings (SSSR count). The minimum Gasteiger partial charge on any atom is -0.480 e. The molecule has 286 valence electrons. The Bertz CT molecular complexity index is 1070. The lowest BCUT2D eigenvalue weighted by Crippen LogP contribution is -2.34. The fourth-order valence-corrected chi connectivity index (χ4v) is 5.12. The van der Waals surface area contributed by atoms with Gasteiger partial charge in [0.1, 0.15) is 12.1 Å². The molecule has 0 aliphatic carbocycles. The zero-order valence-corrected chi connectivity index (χ0v) is 31.6. The largest absolute Gasteiger partial charge is 0.480 e. The predicted octanol–water partition coefficient (Wildman–Crippen LogP) is 9.47. The number of hydrogen-bond donors (Lipinski definition) is 3. The van der Waals surface area contributed by atoms with Crippen molar-refractivity contribution < 1.29 is 42.7 Å². The van der Waals surface area contributed by atoms with Crippen LogP contribution in [0.4, 0.5) is 0 Å². The molecular formula is C39H66NO9P. The quantitative estimate of drug-likeness (QED) is 0.0253. The molecule has 11 heteroatoms. The second-order valence-corrected chi connectivity index (χ2v) is 13.4. The first-order valence-corrected chi connectivity index (χ1v) is 20.0. The van der Waals surface area contributed by atoms with Crippen LogP contribution in [0.15, 0.2) is 72.9 Å². The van der Waals surface area contributed by atoms with Crippen LogP contribution in [0, 0.1) is 0 Å². The molecule has 0 aromatic heterocycles. The summed E-state index contributed by atoms with van der Waals surface area (Å²) in [6.07, 6.45) is 41.1. The molecule has 0 aromatic carbocycles. The van der Waals surface area contributed by atoms with Crippen molar-refractivity contribution in [2.24, 2.45) is 5.73 Å². The SMILES string of the molecule is CC/C=C\C/C=C\C/C=C\C/C=C\C/C=C\CCCC(=O)OC(COCCCCCCCC/C=C\CCC)COP(=O)(O)OCC(N)C(=O)O. The summed E-state index contributed by atoms with van der Waals surface area (Å²) in [4.78, 5) is 33.3. The number of nitrogens with two attached hydrogens (primary N) is 1. The number of carboxylic acid groups (broad SMARTS) is 1. The number of phosphoric acid groups is 1. The monoisotopic (exact) mass is 723 g/mol. The molecule has 3 atom stereocenters. The fourth-order valence-electron chi connectivity index (χ4n) is 4.34. The zero-order chi connectivity index (χ0) is 37.0. The first-order chi connectivity index (χ1) is 24.2. The van der Waals surface area contributed by atoms with Gasteiger partial charge in [-0.1, -0.05) is 119 Å². The maximum absolute atomic E-state index is 12.5. The molecule has 0 fully saturated rings. The Balaban J connectivity index is 4.45. The number of ether oxygens (including phenoxy) is 2. The summed E-state index contributed by atoms with van der Waals surface area (Å²) in [6.45, 7) is 3.58. The summed E-state index contributed by atoms with van der Waals surface area (Å²) in [7, 11) is -4.63. The van der Waals surface area contributed by atoms with E-state index in [0.29, 0.717) is 19.4 Å². The lowest BCUT2D eigenvalue weighted by Gasteiger charge is -2.20. The molecule has 10 nitrogen and oxygen atoms in total. The van der Waals surface area contributed by atoms with Gasteiger partial charge >= 0.3 is 19.8 Å². The Morgan fingerprint density at radius 1 is 0.660 bits per heavy atom. The number of rotatable bonds is 34. The molecular weight excluding hydrogens is 657 g/mol. The van der Waals surface area contributed by atoms with Gasteiger partial charge in [-0.05, 0) is 70.6 Å². The van der Waals surface area contributed by atoms with E-state index in [2.05, 4.69) is 85.2 Å². The van der Waals surface area contributed by atoms with Crippen LogP contribution in [-0.2, 0) is 32.7 Å². The summed E-state index contributed by atoms with van der Waals surface area (Å²) in [5.74, 6) is -1.85. The molecule has 0 aliphatic heterocycles.